The Labute approximate surface area is 91.6 Å². The first-order valence-corrected chi connectivity index (χ1v) is 5.44. The summed E-state index contributed by atoms with van der Waals surface area (Å²) in [6.45, 7) is 0. The zero-order valence-corrected chi connectivity index (χ0v) is 8.82. The van der Waals surface area contributed by atoms with Gasteiger partial charge in [-0.1, -0.05) is 54.6 Å². The molecule has 0 nitrogen and oxygen atoms in total. The second-order valence-electron chi connectivity index (χ2n) is 3.75. The molecule has 0 fully saturated rings. The maximum absolute atomic E-state index is 3.04. The zero-order valence-electron chi connectivity index (χ0n) is 8.82. The van der Waals surface area contributed by atoms with Crippen molar-refractivity contribution >= 4 is 0 Å². The zero-order chi connectivity index (χ0) is 10.3. The van der Waals surface area contributed by atoms with E-state index in [4.69, 9.17) is 0 Å². The SMILES string of the molecule is [c]1ccc(CCCc2ccccc2)cc1. The van der Waals surface area contributed by atoms with Gasteiger partial charge >= 0.3 is 0 Å². The summed E-state index contributed by atoms with van der Waals surface area (Å²) >= 11 is 0. The van der Waals surface area contributed by atoms with Crippen molar-refractivity contribution in [3.63, 3.8) is 0 Å². The van der Waals surface area contributed by atoms with Crippen molar-refractivity contribution in [1.82, 2.24) is 0 Å². The van der Waals surface area contributed by atoms with E-state index in [9.17, 15) is 0 Å². The van der Waals surface area contributed by atoms with Gasteiger partial charge in [0.2, 0.25) is 0 Å². The highest BCUT2D eigenvalue weighted by molar-refractivity contribution is 5.16. The van der Waals surface area contributed by atoms with Crippen molar-refractivity contribution in [2.24, 2.45) is 0 Å². The van der Waals surface area contributed by atoms with Gasteiger partial charge < -0.3 is 0 Å². The summed E-state index contributed by atoms with van der Waals surface area (Å²) in [5.41, 5.74) is 2.84. The lowest BCUT2D eigenvalue weighted by atomic mass is 10.0. The highest BCUT2D eigenvalue weighted by atomic mass is 14.0. The third-order valence-electron chi connectivity index (χ3n) is 2.56. The van der Waals surface area contributed by atoms with Crippen LogP contribution in [0.1, 0.15) is 17.5 Å². The van der Waals surface area contributed by atoms with Crippen molar-refractivity contribution < 1.29 is 0 Å². The van der Waals surface area contributed by atoms with Crippen LogP contribution in [0.2, 0.25) is 0 Å². The molecule has 2 rings (SSSR count). The van der Waals surface area contributed by atoms with E-state index in [0.29, 0.717) is 0 Å². The van der Waals surface area contributed by atoms with Gasteiger partial charge in [-0.15, -0.1) is 0 Å². The maximum Gasteiger partial charge on any atom is -0.0184 e. The van der Waals surface area contributed by atoms with Gasteiger partial charge in [-0.2, -0.15) is 0 Å². The minimum atomic E-state index is 1.16. The lowest BCUT2D eigenvalue weighted by molar-refractivity contribution is 0.821. The summed E-state index contributed by atoms with van der Waals surface area (Å²) < 4.78 is 0. The molecule has 0 bridgehead atoms. The number of rotatable bonds is 4. The van der Waals surface area contributed by atoms with Crippen LogP contribution in [0.4, 0.5) is 0 Å². The maximum atomic E-state index is 3.04. The lowest BCUT2D eigenvalue weighted by Crippen LogP contribution is -1.89. The Bertz CT molecular complexity index is 336. The molecular formula is C15H15. The molecule has 0 aromatic heterocycles. The average Bonchev–Trinajstić information content (AvgIpc) is 2.32. The molecule has 0 aliphatic carbocycles. The summed E-state index contributed by atoms with van der Waals surface area (Å²) in [5.74, 6) is 0. The fourth-order valence-corrected chi connectivity index (χ4v) is 1.73. The Kier molecular flexibility index (Phi) is 3.56. The van der Waals surface area contributed by atoms with E-state index in [1.54, 1.807) is 0 Å². The van der Waals surface area contributed by atoms with Crippen molar-refractivity contribution in [2.45, 2.75) is 19.3 Å². The quantitative estimate of drug-likeness (QED) is 0.698. The molecule has 2 aromatic carbocycles. The van der Waals surface area contributed by atoms with Crippen LogP contribution in [0.25, 0.3) is 0 Å². The van der Waals surface area contributed by atoms with E-state index >= 15 is 0 Å². The predicted octanol–water partition coefficient (Wildman–Crippen LogP) is 3.66. The van der Waals surface area contributed by atoms with E-state index in [1.165, 1.54) is 24.0 Å². The Balaban J connectivity index is 1.81. The number of aryl methyl sites for hydroxylation is 2. The summed E-state index contributed by atoms with van der Waals surface area (Å²) in [6.07, 6.45) is 3.54. The van der Waals surface area contributed by atoms with Crippen molar-refractivity contribution in [2.75, 3.05) is 0 Å². The molecule has 0 aliphatic heterocycles. The largest absolute Gasteiger partial charge is 0.0622 e. The minimum absolute atomic E-state index is 1.16. The van der Waals surface area contributed by atoms with Crippen LogP contribution in [0, 0.1) is 6.07 Å². The topological polar surface area (TPSA) is 0 Å². The molecule has 2 aromatic rings. The fourth-order valence-electron chi connectivity index (χ4n) is 1.73. The van der Waals surface area contributed by atoms with Gasteiger partial charge in [0.1, 0.15) is 0 Å². The van der Waals surface area contributed by atoms with Crippen LogP contribution in [0.5, 0.6) is 0 Å². The van der Waals surface area contributed by atoms with Crippen LogP contribution in [-0.4, -0.2) is 0 Å². The van der Waals surface area contributed by atoms with Crippen LogP contribution in [0.3, 0.4) is 0 Å². The van der Waals surface area contributed by atoms with E-state index < -0.39 is 0 Å². The number of hydrogen-bond acceptors (Lipinski definition) is 0. The molecule has 75 valence electrons. The van der Waals surface area contributed by atoms with Crippen LogP contribution >= 0.6 is 0 Å². The molecule has 1 radical (unpaired) electrons. The monoisotopic (exact) mass is 195 g/mol. The lowest BCUT2D eigenvalue weighted by Gasteiger charge is -2.01. The van der Waals surface area contributed by atoms with Crippen LogP contribution in [-0.2, 0) is 12.8 Å². The Morgan fingerprint density at radius 2 is 1.33 bits per heavy atom. The molecule has 0 spiro atoms. The first-order valence-electron chi connectivity index (χ1n) is 5.44. The normalized spacial score (nSPS) is 10.1. The third-order valence-corrected chi connectivity index (χ3v) is 2.56. The number of benzene rings is 2. The Morgan fingerprint density at radius 1 is 0.733 bits per heavy atom. The van der Waals surface area contributed by atoms with Gasteiger partial charge in [-0.05, 0) is 36.5 Å². The van der Waals surface area contributed by atoms with Gasteiger partial charge in [0.25, 0.3) is 0 Å². The highest BCUT2D eigenvalue weighted by Gasteiger charge is 1.93. The fraction of sp³-hybridized carbons (Fsp3) is 0.200. The molecule has 0 amide bonds. The molecule has 15 heavy (non-hydrogen) atoms. The van der Waals surface area contributed by atoms with E-state index in [-0.39, 0.29) is 0 Å². The minimum Gasteiger partial charge on any atom is -0.0622 e. The van der Waals surface area contributed by atoms with Gasteiger partial charge in [-0.3, -0.25) is 0 Å². The number of hydrogen-bond donors (Lipinski definition) is 0. The Hall–Kier alpha value is -1.56. The predicted molar refractivity (Wildman–Crippen MR) is 63.7 cm³/mol. The summed E-state index contributed by atoms with van der Waals surface area (Å²) in [4.78, 5) is 0. The molecule has 0 atom stereocenters. The molecule has 0 heterocycles. The highest BCUT2D eigenvalue weighted by Crippen LogP contribution is 2.07. The standard InChI is InChI=1S/C15H15/c1-3-8-14(9-4-1)12-7-13-15-10-5-2-6-11-15/h1,3-6,8-11H,7,12-13H2. The van der Waals surface area contributed by atoms with E-state index in [2.05, 4.69) is 48.5 Å². The molecule has 0 unspecified atom stereocenters. The van der Waals surface area contributed by atoms with Gasteiger partial charge in [-0.25, -0.2) is 0 Å². The smallest absolute Gasteiger partial charge is 0.0184 e. The van der Waals surface area contributed by atoms with E-state index in [1.807, 2.05) is 12.1 Å². The molecule has 0 saturated heterocycles. The van der Waals surface area contributed by atoms with Gasteiger partial charge in [0.05, 0.1) is 0 Å². The molecule has 0 saturated carbocycles. The van der Waals surface area contributed by atoms with Crippen LogP contribution in [0.15, 0.2) is 54.6 Å². The first kappa shape index (κ1) is 9.97. The first-order chi connectivity index (χ1) is 7.45. The molecule has 0 N–H and O–H groups in total. The second kappa shape index (κ2) is 5.35. The van der Waals surface area contributed by atoms with E-state index in [0.717, 1.165) is 6.42 Å². The summed E-state index contributed by atoms with van der Waals surface area (Å²) in [6, 6.07) is 22.0. The van der Waals surface area contributed by atoms with Crippen LogP contribution < -0.4 is 0 Å². The second-order valence-corrected chi connectivity index (χ2v) is 3.75. The van der Waals surface area contributed by atoms with Crippen molar-refractivity contribution in [1.29, 1.82) is 0 Å². The van der Waals surface area contributed by atoms with Gasteiger partial charge in [0.15, 0.2) is 0 Å². The third kappa shape index (κ3) is 3.25. The summed E-state index contributed by atoms with van der Waals surface area (Å²) in [7, 11) is 0. The average molecular weight is 195 g/mol. The molecule has 0 aliphatic rings. The molecule has 0 heteroatoms. The van der Waals surface area contributed by atoms with Crippen molar-refractivity contribution in [3.8, 4) is 0 Å². The summed E-state index contributed by atoms with van der Waals surface area (Å²) in [5, 5.41) is 0. The molecular weight excluding hydrogens is 180 g/mol. The van der Waals surface area contributed by atoms with Gasteiger partial charge in [0, 0.05) is 0 Å². The Morgan fingerprint density at radius 3 is 2.00 bits per heavy atom. The van der Waals surface area contributed by atoms with Crippen molar-refractivity contribution in [3.05, 3.63) is 71.8 Å².